The molecule has 43 heavy (non-hydrogen) atoms. The number of fused-ring (bicyclic) bond motifs is 1. The monoisotopic (exact) mass is 628 g/mol. The van der Waals surface area contributed by atoms with Gasteiger partial charge in [0.2, 0.25) is 18.0 Å². The van der Waals surface area contributed by atoms with E-state index in [1.807, 2.05) is 0 Å². The topological polar surface area (TPSA) is 172 Å². The number of carbonyl (C=O) groups excluding carboxylic acids is 3. The third-order valence-electron chi connectivity index (χ3n) is 7.16. The third kappa shape index (κ3) is 8.47. The van der Waals surface area contributed by atoms with E-state index in [4.69, 9.17) is 5.73 Å². The molecule has 1 fully saturated rings. The molecule has 0 unspecified atom stereocenters. The lowest BCUT2D eigenvalue weighted by Gasteiger charge is -2.28. The number of nitrogens with two attached hydrogens (primary N) is 1. The quantitative estimate of drug-likeness (QED) is 0.206. The maximum Gasteiger partial charge on any atom is 0.471 e. The minimum Gasteiger partial charge on any atom is -0.369 e. The van der Waals surface area contributed by atoms with Crippen LogP contribution in [0.1, 0.15) is 43.2 Å². The smallest absolute Gasteiger partial charge is 0.369 e. The number of aliphatic imine (C=N–C) groups is 1. The molecule has 2 aromatic rings. The van der Waals surface area contributed by atoms with Crippen LogP contribution in [0.2, 0.25) is 0 Å². The van der Waals surface area contributed by atoms with Gasteiger partial charge in [-0.05, 0) is 24.8 Å². The number of benzene rings is 2. The van der Waals surface area contributed by atoms with Gasteiger partial charge in [-0.15, -0.1) is 0 Å². The maximum atomic E-state index is 15.3. The number of phosphoric ester groups is 1. The van der Waals surface area contributed by atoms with Crippen molar-refractivity contribution in [1.82, 2.24) is 5.32 Å². The summed E-state index contributed by atoms with van der Waals surface area (Å²) in [6, 6.07) is 11.7. The Morgan fingerprint density at radius 3 is 2.37 bits per heavy atom. The zero-order valence-electron chi connectivity index (χ0n) is 22.5. The molecule has 5 N–H and O–H groups in total. The van der Waals surface area contributed by atoms with Gasteiger partial charge in [0.1, 0.15) is 12.5 Å². The number of anilines is 1. The fourth-order valence-corrected chi connectivity index (χ4v) is 5.21. The van der Waals surface area contributed by atoms with Crippen LogP contribution in [-0.4, -0.2) is 52.3 Å². The number of benzodiazepines with no additional fused rings is 1. The van der Waals surface area contributed by atoms with Crippen molar-refractivity contribution in [3.05, 3.63) is 65.5 Å². The van der Waals surface area contributed by atoms with Gasteiger partial charge in [0, 0.05) is 29.4 Å². The van der Waals surface area contributed by atoms with Crippen LogP contribution < -0.4 is 16.0 Å². The average molecular weight is 629 g/mol. The number of para-hydroxylation sites is 1. The second-order valence-corrected chi connectivity index (χ2v) is 11.6. The Bertz CT molecular complexity index is 1450. The molecule has 232 valence electrons. The first kappa shape index (κ1) is 32.3. The molecule has 16 heteroatoms. The highest BCUT2D eigenvalue weighted by molar-refractivity contribution is 7.46. The molecular weight excluding hydrogens is 599 g/mol. The van der Waals surface area contributed by atoms with Crippen molar-refractivity contribution in [3.8, 4) is 0 Å². The molecule has 2 aliphatic rings. The van der Waals surface area contributed by atoms with Crippen molar-refractivity contribution >= 4 is 36.9 Å². The van der Waals surface area contributed by atoms with Gasteiger partial charge in [0.25, 0.3) is 5.91 Å². The van der Waals surface area contributed by atoms with Gasteiger partial charge >= 0.3 is 14.0 Å². The number of phosphoric acid groups is 1. The molecule has 1 saturated carbocycles. The highest BCUT2D eigenvalue weighted by Gasteiger charge is 2.42. The van der Waals surface area contributed by atoms with Gasteiger partial charge < -0.3 is 20.8 Å². The van der Waals surface area contributed by atoms with E-state index in [2.05, 4.69) is 14.8 Å². The molecule has 1 aliphatic heterocycles. The predicted octanol–water partition coefficient (Wildman–Crippen LogP) is 3.38. The van der Waals surface area contributed by atoms with E-state index in [0.29, 0.717) is 10.5 Å². The molecule has 0 aromatic heterocycles. The molecule has 2 aromatic carbocycles. The first-order chi connectivity index (χ1) is 20.1. The minimum atomic E-state index is -5.19. The third-order valence-corrected chi connectivity index (χ3v) is 7.61. The van der Waals surface area contributed by atoms with E-state index in [1.54, 1.807) is 30.3 Å². The van der Waals surface area contributed by atoms with Gasteiger partial charge in [0.05, 0.1) is 11.4 Å². The van der Waals surface area contributed by atoms with E-state index < -0.39 is 80.8 Å². The standard InChI is InChI=1S/C27H29F4N4O7P/c28-20-8-4-7-18-21(16-5-2-1-3-6-16)33-24(26(38)35(22(18)20)14-42-43(39,40)41)34-25(37)17(11-12-27(29,30)31)19(23(32)36)13-15-9-10-15/h1-8,15,17,19,24H,9-14H2,(H2,32,36)(H,34,37)(H2,39,40,41)/t17-,19+,24-/m1/s1. The number of hydrogen-bond donors (Lipinski definition) is 4. The molecule has 1 aliphatic carbocycles. The normalized spacial score (nSPS) is 18.7. The number of rotatable bonds is 12. The Morgan fingerprint density at radius 2 is 1.79 bits per heavy atom. The van der Waals surface area contributed by atoms with E-state index in [1.165, 1.54) is 12.1 Å². The number of nitrogens with zero attached hydrogens (tertiary/aromatic N) is 2. The first-order valence-electron chi connectivity index (χ1n) is 13.2. The van der Waals surface area contributed by atoms with Gasteiger partial charge in [-0.25, -0.2) is 13.9 Å². The van der Waals surface area contributed by atoms with Crippen molar-refractivity contribution in [3.63, 3.8) is 0 Å². The Morgan fingerprint density at radius 1 is 1.12 bits per heavy atom. The summed E-state index contributed by atoms with van der Waals surface area (Å²) in [6.45, 7) is -1.16. The zero-order valence-corrected chi connectivity index (χ0v) is 23.4. The number of primary amides is 1. The van der Waals surface area contributed by atoms with Crippen LogP contribution in [0.4, 0.5) is 23.2 Å². The molecule has 0 spiro atoms. The maximum absolute atomic E-state index is 15.3. The van der Waals surface area contributed by atoms with Gasteiger partial charge in [0.15, 0.2) is 0 Å². The van der Waals surface area contributed by atoms with Crippen LogP contribution in [0.25, 0.3) is 0 Å². The van der Waals surface area contributed by atoms with Crippen LogP contribution in [0, 0.1) is 23.6 Å². The number of nitrogens with one attached hydrogen (secondary N) is 1. The summed E-state index contributed by atoms with van der Waals surface area (Å²) in [7, 11) is -5.19. The first-order valence-corrected chi connectivity index (χ1v) is 14.8. The Hall–Kier alpha value is -3.65. The largest absolute Gasteiger partial charge is 0.471 e. The molecule has 11 nitrogen and oxygen atoms in total. The predicted molar refractivity (Wildman–Crippen MR) is 145 cm³/mol. The van der Waals surface area contributed by atoms with Crippen LogP contribution in [0.3, 0.4) is 0 Å². The van der Waals surface area contributed by atoms with Crippen LogP contribution in [0.5, 0.6) is 0 Å². The van der Waals surface area contributed by atoms with Crippen molar-refractivity contribution in [2.24, 2.45) is 28.5 Å². The Balaban J connectivity index is 1.78. The lowest BCUT2D eigenvalue weighted by molar-refractivity contribution is -0.146. The van der Waals surface area contributed by atoms with Gasteiger partial charge in [-0.2, -0.15) is 13.2 Å². The van der Waals surface area contributed by atoms with E-state index in [9.17, 15) is 41.9 Å². The molecule has 3 atom stereocenters. The van der Waals surface area contributed by atoms with Crippen molar-refractivity contribution < 1.29 is 50.8 Å². The number of carbonyl (C=O) groups is 3. The van der Waals surface area contributed by atoms with Gasteiger partial charge in [-0.3, -0.25) is 23.8 Å². The molecule has 3 amide bonds. The number of halogens is 4. The fourth-order valence-electron chi connectivity index (χ4n) is 4.94. The molecule has 0 bridgehead atoms. The van der Waals surface area contributed by atoms with Gasteiger partial charge in [-0.1, -0.05) is 55.3 Å². The highest BCUT2D eigenvalue weighted by Crippen LogP contribution is 2.40. The summed E-state index contributed by atoms with van der Waals surface area (Å²) in [4.78, 5) is 63.1. The summed E-state index contributed by atoms with van der Waals surface area (Å²) in [6.07, 6.45) is -7.25. The summed E-state index contributed by atoms with van der Waals surface area (Å²) < 4.78 is 70.9. The number of hydrogen-bond acceptors (Lipinski definition) is 6. The van der Waals surface area contributed by atoms with Crippen molar-refractivity contribution in [2.45, 2.75) is 44.4 Å². The molecule has 0 saturated heterocycles. The number of alkyl halides is 3. The summed E-state index contributed by atoms with van der Waals surface area (Å²) in [5.41, 5.74) is 5.41. The van der Waals surface area contributed by atoms with E-state index in [-0.39, 0.29) is 23.6 Å². The summed E-state index contributed by atoms with van der Waals surface area (Å²) >= 11 is 0. The highest BCUT2D eigenvalue weighted by atomic mass is 31.2. The lowest BCUT2D eigenvalue weighted by Crippen LogP contribution is -2.51. The molecule has 4 rings (SSSR count). The second-order valence-electron chi connectivity index (χ2n) is 10.4. The number of amides is 3. The molecule has 1 heterocycles. The summed E-state index contributed by atoms with van der Waals surface area (Å²) in [5.74, 6) is -7.11. The van der Waals surface area contributed by atoms with Crippen molar-refractivity contribution in [2.75, 3.05) is 11.6 Å². The van der Waals surface area contributed by atoms with Crippen LogP contribution in [-0.2, 0) is 23.5 Å². The van der Waals surface area contributed by atoms with Crippen LogP contribution in [0.15, 0.2) is 53.5 Å². The van der Waals surface area contributed by atoms with Crippen molar-refractivity contribution in [1.29, 1.82) is 0 Å². The average Bonchev–Trinajstić information content (AvgIpc) is 3.75. The Kier molecular flexibility index (Phi) is 9.70. The zero-order chi connectivity index (χ0) is 31.5. The van der Waals surface area contributed by atoms with E-state index in [0.717, 1.165) is 18.9 Å². The SMILES string of the molecule is NC(=O)[C@@H](CC1CC1)[C@@H](CCC(F)(F)F)C(=O)N[C@H]1N=C(c2ccccc2)c2cccc(F)c2N(COP(=O)(O)O)C1=O. The Labute approximate surface area is 243 Å². The van der Waals surface area contributed by atoms with Crippen LogP contribution >= 0.6 is 7.82 Å². The molecule has 0 radical (unpaired) electrons. The fraction of sp³-hybridized carbons (Fsp3) is 0.407. The lowest BCUT2D eigenvalue weighted by atomic mass is 9.83. The second kappa shape index (κ2) is 12.9. The minimum absolute atomic E-state index is 0.00276. The molecular formula is C27H29F4N4O7P. The van der Waals surface area contributed by atoms with E-state index >= 15 is 4.39 Å². The summed E-state index contributed by atoms with van der Waals surface area (Å²) in [5, 5.41) is 2.29.